The number of benzene rings is 1. The molecule has 0 aliphatic carbocycles. The maximum Gasteiger partial charge on any atom is 0.238 e. The lowest BCUT2D eigenvalue weighted by molar-refractivity contribution is -0.117. The van der Waals surface area contributed by atoms with Gasteiger partial charge in [-0.2, -0.15) is 5.26 Å². The van der Waals surface area contributed by atoms with Gasteiger partial charge in [0.1, 0.15) is 5.82 Å². The summed E-state index contributed by atoms with van der Waals surface area (Å²) in [4.78, 5) is 13.6. The molecule has 1 aromatic rings. The zero-order chi connectivity index (χ0) is 13.0. The molecule has 4 nitrogen and oxygen atoms in total. The number of hydrogen-bond acceptors (Lipinski definition) is 3. The van der Waals surface area contributed by atoms with Crippen LogP contribution in [-0.2, 0) is 4.79 Å². The molecule has 1 N–H and O–H groups in total. The number of likely N-dealkylation sites (tertiary alicyclic amines) is 1. The summed E-state index contributed by atoms with van der Waals surface area (Å²) in [6, 6.07) is 7.76. The first-order valence-electron chi connectivity index (χ1n) is 5.88. The minimum absolute atomic E-state index is 0.175. The standard InChI is InChI=1S/C13H14FN3O/c14-10-3-1-4-11(7-10)16-13(18)9-17-6-2-5-12(17)8-15/h1,3-4,7,12H,2,5-6,9H2,(H,16,18). The van der Waals surface area contributed by atoms with E-state index in [1.165, 1.54) is 12.1 Å². The van der Waals surface area contributed by atoms with Crippen molar-refractivity contribution in [3.05, 3.63) is 30.1 Å². The van der Waals surface area contributed by atoms with Crippen LogP contribution in [0.3, 0.4) is 0 Å². The number of nitrogens with one attached hydrogen (secondary N) is 1. The average Bonchev–Trinajstić information content (AvgIpc) is 2.76. The Morgan fingerprint density at radius 3 is 3.17 bits per heavy atom. The van der Waals surface area contributed by atoms with Gasteiger partial charge in [0.05, 0.1) is 18.7 Å². The van der Waals surface area contributed by atoms with Crippen molar-refractivity contribution in [2.24, 2.45) is 0 Å². The second-order valence-electron chi connectivity index (χ2n) is 4.32. The molecule has 5 heteroatoms. The monoisotopic (exact) mass is 247 g/mol. The van der Waals surface area contributed by atoms with E-state index in [0.717, 1.165) is 19.4 Å². The molecule has 1 unspecified atom stereocenters. The smallest absolute Gasteiger partial charge is 0.238 e. The first kappa shape index (κ1) is 12.5. The highest BCUT2D eigenvalue weighted by Crippen LogP contribution is 2.16. The van der Waals surface area contributed by atoms with Crippen LogP contribution in [0.25, 0.3) is 0 Å². The van der Waals surface area contributed by atoms with E-state index in [0.29, 0.717) is 5.69 Å². The van der Waals surface area contributed by atoms with Crippen molar-refractivity contribution in [2.75, 3.05) is 18.4 Å². The van der Waals surface area contributed by atoms with E-state index in [4.69, 9.17) is 5.26 Å². The minimum Gasteiger partial charge on any atom is -0.325 e. The van der Waals surface area contributed by atoms with Gasteiger partial charge >= 0.3 is 0 Å². The molecule has 1 amide bonds. The molecule has 0 bridgehead atoms. The van der Waals surface area contributed by atoms with Gasteiger partial charge < -0.3 is 5.32 Å². The summed E-state index contributed by atoms with van der Waals surface area (Å²) in [7, 11) is 0. The Labute approximate surface area is 105 Å². The van der Waals surface area contributed by atoms with Crippen LogP contribution in [0, 0.1) is 17.1 Å². The van der Waals surface area contributed by atoms with E-state index in [1.807, 2.05) is 4.90 Å². The summed E-state index contributed by atoms with van der Waals surface area (Å²) in [6.45, 7) is 0.934. The maximum absolute atomic E-state index is 12.9. The summed E-state index contributed by atoms with van der Waals surface area (Å²) in [5, 5.41) is 11.5. The Morgan fingerprint density at radius 2 is 2.44 bits per heavy atom. The number of amides is 1. The van der Waals surface area contributed by atoms with Gasteiger partial charge in [-0.05, 0) is 31.0 Å². The fourth-order valence-corrected chi connectivity index (χ4v) is 2.11. The number of nitrogens with zero attached hydrogens (tertiary/aromatic N) is 2. The van der Waals surface area contributed by atoms with Crippen LogP contribution in [0.5, 0.6) is 0 Å². The summed E-state index contributed by atoms with van der Waals surface area (Å²) < 4.78 is 12.9. The van der Waals surface area contributed by atoms with Crippen molar-refractivity contribution in [1.82, 2.24) is 4.90 Å². The zero-order valence-corrected chi connectivity index (χ0v) is 9.90. The van der Waals surface area contributed by atoms with E-state index in [-0.39, 0.29) is 24.3 Å². The molecule has 1 aliphatic heterocycles. The second-order valence-corrected chi connectivity index (χ2v) is 4.32. The zero-order valence-electron chi connectivity index (χ0n) is 9.90. The SMILES string of the molecule is N#CC1CCCN1CC(=O)Nc1cccc(F)c1. The molecule has 1 heterocycles. The predicted octanol–water partition coefficient (Wildman–Crippen LogP) is 1.75. The van der Waals surface area contributed by atoms with Crippen LogP contribution in [0.15, 0.2) is 24.3 Å². The molecule has 0 spiro atoms. The van der Waals surface area contributed by atoms with E-state index in [2.05, 4.69) is 11.4 Å². The Morgan fingerprint density at radius 1 is 1.61 bits per heavy atom. The van der Waals surface area contributed by atoms with Gasteiger partial charge in [0.2, 0.25) is 5.91 Å². The van der Waals surface area contributed by atoms with E-state index >= 15 is 0 Å². The minimum atomic E-state index is -0.385. The first-order valence-corrected chi connectivity index (χ1v) is 5.88. The van der Waals surface area contributed by atoms with Crippen LogP contribution >= 0.6 is 0 Å². The Bertz CT molecular complexity index is 483. The largest absolute Gasteiger partial charge is 0.325 e. The fourth-order valence-electron chi connectivity index (χ4n) is 2.11. The van der Waals surface area contributed by atoms with Crippen LogP contribution < -0.4 is 5.32 Å². The van der Waals surface area contributed by atoms with Gasteiger partial charge in [-0.1, -0.05) is 6.07 Å². The van der Waals surface area contributed by atoms with E-state index in [1.54, 1.807) is 12.1 Å². The van der Waals surface area contributed by atoms with Crippen molar-refractivity contribution in [3.63, 3.8) is 0 Å². The number of carbonyl (C=O) groups excluding carboxylic acids is 1. The van der Waals surface area contributed by atoms with Crippen molar-refractivity contribution < 1.29 is 9.18 Å². The predicted molar refractivity (Wildman–Crippen MR) is 65.2 cm³/mol. The molecule has 2 rings (SSSR count). The lowest BCUT2D eigenvalue weighted by Crippen LogP contribution is -2.36. The van der Waals surface area contributed by atoms with Crippen LogP contribution in [-0.4, -0.2) is 29.9 Å². The molecular formula is C13H14FN3O. The molecule has 1 aromatic carbocycles. The molecular weight excluding hydrogens is 233 g/mol. The molecule has 1 aliphatic rings. The van der Waals surface area contributed by atoms with Crippen molar-refractivity contribution in [1.29, 1.82) is 5.26 Å². The molecule has 1 fully saturated rings. The second kappa shape index (κ2) is 5.61. The van der Waals surface area contributed by atoms with Gasteiger partial charge in [-0.3, -0.25) is 9.69 Å². The fraction of sp³-hybridized carbons (Fsp3) is 0.385. The number of nitriles is 1. The van der Waals surface area contributed by atoms with Crippen molar-refractivity contribution in [3.8, 4) is 6.07 Å². The maximum atomic E-state index is 12.9. The quantitative estimate of drug-likeness (QED) is 0.885. The van der Waals surface area contributed by atoms with Crippen molar-refractivity contribution >= 4 is 11.6 Å². The molecule has 0 aromatic heterocycles. The lowest BCUT2D eigenvalue weighted by atomic mass is 10.2. The van der Waals surface area contributed by atoms with Gasteiger partial charge in [-0.25, -0.2) is 4.39 Å². The topological polar surface area (TPSA) is 56.1 Å². The number of rotatable bonds is 3. The molecule has 18 heavy (non-hydrogen) atoms. The first-order chi connectivity index (χ1) is 8.69. The van der Waals surface area contributed by atoms with Crippen LogP contribution in [0.2, 0.25) is 0 Å². The molecule has 94 valence electrons. The third kappa shape index (κ3) is 3.05. The summed E-state index contributed by atoms with van der Waals surface area (Å²) in [5.74, 6) is -0.605. The highest BCUT2D eigenvalue weighted by atomic mass is 19.1. The van der Waals surface area contributed by atoms with E-state index in [9.17, 15) is 9.18 Å². The average molecular weight is 247 g/mol. The van der Waals surface area contributed by atoms with E-state index < -0.39 is 0 Å². The van der Waals surface area contributed by atoms with Crippen molar-refractivity contribution in [2.45, 2.75) is 18.9 Å². The third-order valence-corrected chi connectivity index (χ3v) is 2.97. The lowest BCUT2D eigenvalue weighted by Gasteiger charge is -2.18. The number of halogens is 1. The Kier molecular flexibility index (Phi) is 3.90. The van der Waals surface area contributed by atoms with Crippen LogP contribution in [0.1, 0.15) is 12.8 Å². The highest BCUT2D eigenvalue weighted by molar-refractivity contribution is 5.92. The van der Waals surface area contributed by atoms with Gasteiger partial charge in [0, 0.05) is 12.2 Å². The summed E-state index contributed by atoms with van der Waals surface area (Å²) in [5.41, 5.74) is 0.438. The molecule has 1 saturated heterocycles. The van der Waals surface area contributed by atoms with Gasteiger partial charge in [0.25, 0.3) is 0 Å². The Hall–Kier alpha value is -1.93. The van der Waals surface area contributed by atoms with Gasteiger partial charge in [0.15, 0.2) is 0 Å². The summed E-state index contributed by atoms with van der Waals surface area (Å²) in [6.07, 6.45) is 1.75. The molecule has 0 radical (unpaired) electrons. The number of anilines is 1. The van der Waals surface area contributed by atoms with Crippen LogP contribution in [0.4, 0.5) is 10.1 Å². The third-order valence-electron chi connectivity index (χ3n) is 2.97. The number of carbonyl (C=O) groups is 1. The Balaban J connectivity index is 1.91. The summed E-state index contributed by atoms with van der Waals surface area (Å²) >= 11 is 0. The normalized spacial score (nSPS) is 19.4. The molecule has 0 saturated carbocycles. The van der Waals surface area contributed by atoms with Gasteiger partial charge in [-0.15, -0.1) is 0 Å². The molecule has 1 atom stereocenters. The highest BCUT2D eigenvalue weighted by Gasteiger charge is 2.25. The number of hydrogen-bond donors (Lipinski definition) is 1.